The van der Waals surface area contributed by atoms with Crippen LogP contribution < -0.4 is 11.1 Å². The summed E-state index contributed by atoms with van der Waals surface area (Å²) in [5.41, 5.74) is 6.12. The van der Waals surface area contributed by atoms with Gasteiger partial charge >= 0.3 is 0 Å². The Morgan fingerprint density at radius 2 is 2.41 bits per heavy atom. The number of aromatic nitrogens is 2. The number of hydrogen-bond acceptors (Lipinski definition) is 3. The van der Waals surface area contributed by atoms with Crippen molar-refractivity contribution in [2.45, 2.75) is 26.2 Å². The molecule has 1 aliphatic carbocycles. The first-order chi connectivity index (χ1) is 8.09. The van der Waals surface area contributed by atoms with Gasteiger partial charge in [-0.3, -0.25) is 9.89 Å². The standard InChI is InChI=1S/C11H16N4OS/c1-6-3-2-4-7(6)11(16)14-10-8(9(12)17)5-13-15-10/h5-7H,2-4H2,1H3,(H2,12,17)(H2,13,14,15,16). The maximum absolute atomic E-state index is 12.1. The Bertz CT molecular complexity index is 442. The van der Waals surface area contributed by atoms with Crippen LogP contribution in [-0.4, -0.2) is 21.1 Å². The van der Waals surface area contributed by atoms with E-state index in [-0.39, 0.29) is 16.8 Å². The summed E-state index contributed by atoms with van der Waals surface area (Å²) in [6.45, 7) is 2.11. The molecule has 0 bridgehead atoms. The Morgan fingerprint density at radius 3 is 3.00 bits per heavy atom. The molecule has 1 aromatic heterocycles. The van der Waals surface area contributed by atoms with E-state index < -0.39 is 0 Å². The second-order valence-corrected chi connectivity index (χ2v) is 4.97. The van der Waals surface area contributed by atoms with Crippen molar-refractivity contribution < 1.29 is 4.79 Å². The van der Waals surface area contributed by atoms with Crippen molar-refractivity contribution in [2.75, 3.05) is 5.32 Å². The Morgan fingerprint density at radius 1 is 1.65 bits per heavy atom. The quantitative estimate of drug-likeness (QED) is 0.710. The van der Waals surface area contributed by atoms with Crippen molar-refractivity contribution in [2.24, 2.45) is 17.6 Å². The Hall–Kier alpha value is -1.43. The molecule has 1 aromatic rings. The summed E-state index contributed by atoms with van der Waals surface area (Å²) in [6.07, 6.45) is 4.70. The molecule has 0 saturated heterocycles. The van der Waals surface area contributed by atoms with Crippen LogP contribution in [0.5, 0.6) is 0 Å². The van der Waals surface area contributed by atoms with E-state index in [0.29, 0.717) is 17.3 Å². The van der Waals surface area contributed by atoms with Gasteiger partial charge in [0, 0.05) is 5.92 Å². The average molecular weight is 252 g/mol. The lowest BCUT2D eigenvalue weighted by atomic mass is 9.97. The number of nitrogens with zero attached hydrogens (tertiary/aromatic N) is 1. The van der Waals surface area contributed by atoms with Crippen molar-refractivity contribution in [3.63, 3.8) is 0 Å². The van der Waals surface area contributed by atoms with Gasteiger partial charge in [0.15, 0.2) is 0 Å². The van der Waals surface area contributed by atoms with Crippen LogP contribution in [0.2, 0.25) is 0 Å². The Kier molecular flexibility index (Phi) is 3.42. The Balaban J connectivity index is 2.07. The number of nitrogens with one attached hydrogen (secondary N) is 2. The van der Waals surface area contributed by atoms with Crippen LogP contribution in [0.1, 0.15) is 31.7 Å². The number of rotatable bonds is 3. The molecule has 0 radical (unpaired) electrons. The minimum atomic E-state index is 0.0248. The van der Waals surface area contributed by atoms with Gasteiger partial charge in [0.05, 0.1) is 11.8 Å². The van der Waals surface area contributed by atoms with E-state index in [0.717, 1.165) is 19.3 Å². The zero-order valence-corrected chi connectivity index (χ0v) is 10.5. The third kappa shape index (κ3) is 2.46. The second-order valence-electron chi connectivity index (χ2n) is 4.53. The minimum Gasteiger partial charge on any atom is -0.389 e. The fourth-order valence-corrected chi connectivity index (χ4v) is 2.47. The lowest BCUT2D eigenvalue weighted by molar-refractivity contribution is -0.120. The molecule has 0 aliphatic heterocycles. The van der Waals surface area contributed by atoms with Gasteiger partial charge in [0.25, 0.3) is 0 Å². The van der Waals surface area contributed by atoms with Gasteiger partial charge in [-0.2, -0.15) is 5.10 Å². The van der Waals surface area contributed by atoms with Crippen LogP contribution in [0.3, 0.4) is 0 Å². The highest BCUT2D eigenvalue weighted by atomic mass is 32.1. The van der Waals surface area contributed by atoms with E-state index >= 15 is 0 Å². The third-order valence-electron chi connectivity index (χ3n) is 3.35. The monoisotopic (exact) mass is 252 g/mol. The van der Waals surface area contributed by atoms with Gasteiger partial charge in [0.2, 0.25) is 5.91 Å². The molecule has 1 saturated carbocycles. The summed E-state index contributed by atoms with van der Waals surface area (Å²) >= 11 is 4.88. The molecule has 1 fully saturated rings. The second kappa shape index (κ2) is 4.83. The molecular weight excluding hydrogens is 236 g/mol. The van der Waals surface area contributed by atoms with Crippen molar-refractivity contribution in [1.29, 1.82) is 0 Å². The first-order valence-electron chi connectivity index (χ1n) is 5.73. The van der Waals surface area contributed by atoms with Gasteiger partial charge in [-0.05, 0) is 18.8 Å². The van der Waals surface area contributed by atoms with Crippen molar-refractivity contribution in [3.05, 3.63) is 11.8 Å². The van der Waals surface area contributed by atoms with Crippen LogP contribution in [0, 0.1) is 11.8 Å². The molecule has 2 unspecified atom stereocenters. The number of thiocarbonyl (C=S) groups is 1. The summed E-state index contributed by atoms with van der Waals surface area (Å²) in [4.78, 5) is 12.3. The summed E-state index contributed by atoms with van der Waals surface area (Å²) < 4.78 is 0. The molecule has 1 aliphatic rings. The average Bonchev–Trinajstić information content (AvgIpc) is 2.86. The van der Waals surface area contributed by atoms with Crippen molar-refractivity contribution in [3.8, 4) is 0 Å². The SMILES string of the molecule is CC1CCCC1C(=O)Nc1[nH]ncc1C(N)=S. The molecular formula is C11H16N4OS. The first kappa shape index (κ1) is 12.0. The number of H-pyrrole nitrogens is 1. The van der Waals surface area contributed by atoms with Crippen LogP contribution in [0.4, 0.5) is 5.82 Å². The predicted molar refractivity (Wildman–Crippen MR) is 69.6 cm³/mol. The lowest BCUT2D eigenvalue weighted by Gasteiger charge is -2.14. The number of anilines is 1. The fraction of sp³-hybridized carbons (Fsp3) is 0.545. The van der Waals surface area contributed by atoms with E-state index in [4.69, 9.17) is 18.0 Å². The van der Waals surface area contributed by atoms with Gasteiger partial charge in [0.1, 0.15) is 10.8 Å². The van der Waals surface area contributed by atoms with Crippen LogP contribution in [0.25, 0.3) is 0 Å². The number of nitrogens with two attached hydrogens (primary N) is 1. The molecule has 1 amide bonds. The maximum Gasteiger partial charge on any atom is 0.228 e. The molecule has 17 heavy (non-hydrogen) atoms. The van der Waals surface area contributed by atoms with E-state index in [2.05, 4.69) is 22.4 Å². The molecule has 5 nitrogen and oxygen atoms in total. The van der Waals surface area contributed by atoms with E-state index in [1.165, 1.54) is 6.20 Å². The number of carbonyl (C=O) groups is 1. The summed E-state index contributed by atoms with van der Waals surface area (Å²) in [5, 5.41) is 9.36. The number of amides is 1. The number of carbonyl (C=O) groups excluding carboxylic acids is 1. The van der Waals surface area contributed by atoms with Crippen LogP contribution in [-0.2, 0) is 4.79 Å². The molecule has 92 valence electrons. The highest BCUT2D eigenvalue weighted by Crippen LogP contribution is 2.32. The molecule has 1 heterocycles. The number of aromatic amines is 1. The summed E-state index contributed by atoms with van der Waals surface area (Å²) in [5.74, 6) is 1.04. The predicted octanol–water partition coefficient (Wildman–Crippen LogP) is 1.42. The highest BCUT2D eigenvalue weighted by molar-refractivity contribution is 7.80. The summed E-state index contributed by atoms with van der Waals surface area (Å²) in [7, 11) is 0. The molecule has 6 heteroatoms. The largest absolute Gasteiger partial charge is 0.389 e. The van der Waals surface area contributed by atoms with Crippen LogP contribution >= 0.6 is 12.2 Å². The summed E-state index contributed by atoms with van der Waals surface area (Å²) in [6, 6.07) is 0. The van der Waals surface area contributed by atoms with E-state index in [1.807, 2.05) is 0 Å². The van der Waals surface area contributed by atoms with Crippen LogP contribution in [0.15, 0.2) is 6.20 Å². The molecule has 0 aromatic carbocycles. The van der Waals surface area contributed by atoms with Gasteiger partial charge in [-0.1, -0.05) is 25.6 Å². The third-order valence-corrected chi connectivity index (χ3v) is 3.57. The van der Waals surface area contributed by atoms with Crippen molar-refractivity contribution >= 4 is 28.9 Å². The van der Waals surface area contributed by atoms with Gasteiger partial charge in [-0.15, -0.1) is 0 Å². The maximum atomic E-state index is 12.1. The smallest absolute Gasteiger partial charge is 0.228 e. The van der Waals surface area contributed by atoms with E-state index in [9.17, 15) is 4.79 Å². The fourth-order valence-electron chi connectivity index (χ4n) is 2.32. The highest BCUT2D eigenvalue weighted by Gasteiger charge is 2.30. The normalized spacial score (nSPS) is 23.6. The minimum absolute atomic E-state index is 0.0248. The Labute approximate surface area is 105 Å². The lowest BCUT2D eigenvalue weighted by Crippen LogP contribution is -2.26. The number of hydrogen-bond donors (Lipinski definition) is 3. The first-order valence-corrected chi connectivity index (χ1v) is 6.14. The van der Waals surface area contributed by atoms with Gasteiger partial charge < -0.3 is 11.1 Å². The van der Waals surface area contributed by atoms with Crippen molar-refractivity contribution in [1.82, 2.24) is 10.2 Å². The van der Waals surface area contributed by atoms with E-state index in [1.54, 1.807) is 0 Å². The zero-order valence-electron chi connectivity index (χ0n) is 9.69. The topological polar surface area (TPSA) is 83.8 Å². The molecule has 2 rings (SSSR count). The zero-order chi connectivity index (χ0) is 12.4. The molecule has 0 spiro atoms. The van der Waals surface area contributed by atoms with Gasteiger partial charge in [-0.25, -0.2) is 0 Å². The molecule has 4 N–H and O–H groups in total. The molecule has 2 atom stereocenters.